The van der Waals surface area contributed by atoms with Gasteiger partial charge in [0, 0.05) is 11.0 Å². The molecule has 0 heterocycles. The fourth-order valence-electron chi connectivity index (χ4n) is 1.16. The Morgan fingerprint density at radius 3 is 2.78 bits per heavy atom. The molecule has 18 heavy (non-hydrogen) atoms. The van der Waals surface area contributed by atoms with Crippen molar-refractivity contribution in [2.45, 2.75) is 4.83 Å². The predicted molar refractivity (Wildman–Crippen MR) is 71.2 cm³/mol. The van der Waals surface area contributed by atoms with E-state index in [0.717, 1.165) is 0 Å². The Bertz CT molecular complexity index is 468. The zero-order valence-electron chi connectivity index (χ0n) is 9.38. The Labute approximate surface area is 120 Å². The summed E-state index contributed by atoms with van der Waals surface area (Å²) in [5.74, 6) is -1.73. The second-order valence-corrected chi connectivity index (χ2v) is 5.35. The SMILES string of the molecule is COC(=O)C(Br)CNC(=O)c1cc(Br)ccc1F. The number of benzene rings is 1. The van der Waals surface area contributed by atoms with E-state index < -0.39 is 22.5 Å². The second-order valence-electron chi connectivity index (χ2n) is 3.32. The summed E-state index contributed by atoms with van der Waals surface area (Å²) in [4.78, 5) is 22.1. The molecular formula is C11H10Br2FNO3. The smallest absolute Gasteiger partial charge is 0.321 e. The quantitative estimate of drug-likeness (QED) is 0.641. The number of nitrogens with one attached hydrogen (secondary N) is 1. The molecule has 1 N–H and O–H groups in total. The number of hydrogen-bond donors (Lipinski definition) is 1. The van der Waals surface area contributed by atoms with Crippen molar-refractivity contribution in [1.82, 2.24) is 5.32 Å². The van der Waals surface area contributed by atoms with Crippen LogP contribution in [0.25, 0.3) is 0 Å². The Kier molecular flexibility index (Phi) is 5.74. The lowest BCUT2D eigenvalue weighted by molar-refractivity contribution is -0.139. The van der Waals surface area contributed by atoms with Crippen LogP contribution in [0, 0.1) is 5.82 Å². The maximum atomic E-state index is 13.4. The molecule has 1 aromatic carbocycles. The van der Waals surface area contributed by atoms with Gasteiger partial charge in [-0.1, -0.05) is 31.9 Å². The average molecular weight is 383 g/mol. The van der Waals surface area contributed by atoms with Gasteiger partial charge in [0.25, 0.3) is 5.91 Å². The summed E-state index contributed by atoms with van der Waals surface area (Å²) in [5, 5.41) is 2.43. The van der Waals surface area contributed by atoms with Gasteiger partial charge in [0.2, 0.25) is 0 Å². The molecule has 1 aromatic rings. The number of ether oxygens (including phenoxy) is 1. The van der Waals surface area contributed by atoms with Crippen molar-refractivity contribution in [3.05, 3.63) is 34.1 Å². The van der Waals surface area contributed by atoms with Gasteiger partial charge in [0.05, 0.1) is 12.7 Å². The molecule has 98 valence electrons. The minimum atomic E-state index is -0.665. The number of methoxy groups -OCH3 is 1. The number of carbonyl (C=O) groups is 2. The third-order valence-corrected chi connectivity index (χ3v) is 3.26. The van der Waals surface area contributed by atoms with Gasteiger partial charge in [-0.15, -0.1) is 0 Å². The first-order chi connectivity index (χ1) is 8.45. The van der Waals surface area contributed by atoms with E-state index in [2.05, 4.69) is 41.9 Å². The molecule has 0 fully saturated rings. The summed E-state index contributed by atoms with van der Waals surface area (Å²) in [5.41, 5.74) is -0.0889. The highest BCUT2D eigenvalue weighted by Crippen LogP contribution is 2.15. The molecule has 1 unspecified atom stereocenters. The summed E-state index contributed by atoms with van der Waals surface area (Å²) in [6.45, 7) is 0.0114. The average Bonchev–Trinajstić information content (AvgIpc) is 2.37. The molecule has 1 atom stereocenters. The molecule has 0 saturated carbocycles. The van der Waals surface area contributed by atoms with E-state index in [1.807, 2.05) is 0 Å². The van der Waals surface area contributed by atoms with Crippen molar-refractivity contribution in [1.29, 1.82) is 0 Å². The number of amides is 1. The summed E-state index contributed by atoms with van der Waals surface area (Å²) in [6, 6.07) is 4.05. The van der Waals surface area contributed by atoms with Crippen LogP contribution in [0.3, 0.4) is 0 Å². The Morgan fingerprint density at radius 2 is 2.17 bits per heavy atom. The van der Waals surface area contributed by atoms with Crippen LogP contribution in [0.15, 0.2) is 22.7 Å². The summed E-state index contributed by atoms with van der Waals surface area (Å²) in [6.07, 6.45) is 0. The molecule has 0 bridgehead atoms. The van der Waals surface area contributed by atoms with Crippen molar-refractivity contribution in [3.8, 4) is 0 Å². The molecule has 0 aliphatic heterocycles. The topological polar surface area (TPSA) is 55.4 Å². The first kappa shape index (κ1) is 15.1. The van der Waals surface area contributed by atoms with Crippen molar-refractivity contribution in [3.63, 3.8) is 0 Å². The second kappa shape index (κ2) is 6.84. The maximum absolute atomic E-state index is 13.4. The van der Waals surface area contributed by atoms with E-state index in [1.54, 1.807) is 0 Å². The number of carbonyl (C=O) groups excluding carboxylic acids is 2. The van der Waals surface area contributed by atoms with Crippen molar-refractivity contribution in [2.24, 2.45) is 0 Å². The summed E-state index contributed by atoms with van der Waals surface area (Å²) >= 11 is 6.19. The lowest BCUT2D eigenvalue weighted by Crippen LogP contribution is -2.34. The van der Waals surface area contributed by atoms with E-state index in [4.69, 9.17) is 0 Å². The van der Waals surface area contributed by atoms with E-state index >= 15 is 0 Å². The molecule has 0 aliphatic rings. The lowest BCUT2D eigenvalue weighted by Gasteiger charge is -2.09. The molecule has 0 aromatic heterocycles. The molecule has 0 saturated heterocycles. The molecule has 7 heteroatoms. The highest BCUT2D eigenvalue weighted by molar-refractivity contribution is 9.10. The van der Waals surface area contributed by atoms with E-state index in [-0.39, 0.29) is 12.1 Å². The van der Waals surface area contributed by atoms with Gasteiger partial charge in [0.1, 0.15) is 10.6 Å². The van der Waals surface area contributed by atoms with Crippen LogP contribution in [0.4, 0.5) is 4.39 Å². The zero-order valence-corrected chi connectivity index (χ0v) is 12.5. The molecule has 0 aliphatic carbocycles. The first-order valence-electron chi connectivity index (χ1n) is 4.91. The number of rotatable bonds is 4. The Morgan fingerprint density at radius 1 is 1.50 bits per heavy atom. The van der Waals surface area contributed by atoms with Crippen molar-refractivity contribution < 1.29 is 18.7 Å². The Balaban J connectivity index is 2.66. The van der Waals surface area contributed by atoms with Crippen LogP contribution in [0.2, 0.25) is 0 Å². The number of alkyl halides is 1. The third kappa shape index (κ3) is 4.06. The fraction of sp³-hybridized carbons (Fsp3) is 0.273. The monoisotopic (exact) mass is 381 g/mol. The highest BCUT2D eigenvalue weighted by Gasteiger charge is 2.18. The van der Waals surface area contributed by atoms with E-state index in [1.165, 1.54) is 25.3 Å². The van der Waals surface area contributed by atoms with Crippen LogP contribution < -0.4 is 5.32 Å². The molecule has 0 radical (unpaired) electrons. The van der Waals surface area contributed by atoms with Crippen LogP contribution in [0.5, 0.6) is 0 Å². The van der Waals surface area contributed by atoms with Crippen LogP contribution in [-0.2, 0) is 9.53 Å². The number of hydrogen-bond acceptors (Lipinski definition) is 3. The normalized spacial score (nSPS) is 11.8. The molecule has 4 nitrogen and oxygen atoms in total. The van der Waals surface area contributed by atoms with Gasteiger partial charge in [0.15, 0.2) is 0 Å². The van der Waals surface area contributed by atoms with Crippen LogP contribution in [-0.4, -0.2) is 30.4 Å². The fourth-order valence-corrected chi connectivity index (χ4v) is 1.87. The van der Waals surface area contributed by atoms with Gasteiger partial charge in [-0.2, -0.15) is 0 Å². The Hall–Kier alpha value is -0.950. The lowest BCUT2D eigenvalue weighted by atomic mass is 10.2. The number of esters is 1. The van der Waals surface area contributed by atoms with Gasteiger partial charge in [-0.25, -0.2) is 4.39 Å². The van der Waals surface area contributed by atoms with E-state index in [0.29, 0.717) is 4.47 Å². The van der Waals surface area contributed by atoms with E-state index in [9.17, 15) is 14.0 Å². The standard InChI is InChI=1S/C11H10Br2FNO3/c1-18-11(17)8(13)5-15-10(16)7-4-6(12)2-3-9(7)14/h2-4,8H,5H2,1H3,(H,15,16). The third-order valence-electron chi connectivity index (χ3n) is 2.07. The van der Waals surface area contributed by atoms with Crippen LogP contribution >= 0.6 is 31.9 Å². The van der Waals surface area contributed by atoms with Gasteiger partial charge >= 0.3 is 5.97 Å². The first-order valence-corrected chi connectivity index (χ1v) is 6.61. The van der Waals surface area contributed by atoms with Crippen LogP contribution in [0.1, 0.15) is 10.4 Å². The van der Waals surface area contributed by atoms with Gasteiger partial charge in [-0.05, 0) is 18.2 Å². The van der Waals surface area contributed by atoms with Crippen molar-refractivity contribution >= 4 is 43.7 Å². The molecule has 1 amide bonds. The number of halogens is 3. The maximum Gasteiger partial charge on any atom is 0.321 e. The molecule has 0 spiro atoms. The minimum absolute atomic E-state index is 0.0114. The summed E-state index contributed by atoms with van der Waals surface area (Å²) < 4.78 is 18.5. The minimum Gasteiger partial charge on any atom is -0.468 e. The largest absolute Gasteiger partial charge is 0.468 e. The van der Waals surface area contributed by atoms with Gasteiger partial charge in [-0.3, -0.25) is 9.59 Å². The molecule has 1 rings (SSSR count). The predicted octanol–water partition coefficient (Wildman–Crippen LogP) is 2.25. The zero-order chi connectivity index (χ0) is 13.7. The van der Waals surface area contributed by atoms with Crippen molar-refractivity contribution in [2.75, 3.05) is 13.7 Å². The highest BCUT2D eigenvalue weighted by atomic mass is 79.9. The van der Waals surface area contributed by atoms with Gasteiger partial charge < -0.3 is 10.1 Å². The summed E-state index contributed by atoms with van der Waals surface area (Å²) in [7, 11) is 1.24. The molecular weight excluding hydrogens is 373 g/mol.